The quantitative estimate of drug-likeness (QED) is 0.572. The maximum absolute atomic E-state index is 5.48. The van der Waals surface area contributed by atoms with E-state index in [0.29, 0.717) is 19.8 Å². The molecule has 0 saturated heterocycles. The molecule has 3 heteroatoms. The Hall–Kier alpha value is -1.50. The minimum Gasteiger partial charge on any atom is -0.481 e. The van der Waals surface area contributed by atoms with Crippen LogP contribution in [-0.4, -0.2) is 26.1 Å². The molecule has 0 radical (unpaired) electrons. The van der Waals surface area contributed by atoms with Crippen LogP contribution in [-0.2, 0) is 9.47 Å². The van der Waals surface area contributed by atoms with Crippen molar-refractivity contribution >= 4 is 0 Å². The number of hydrogen-bond donors (Lipinski definition) is 0. The molecule has 0 N–H and O–H groups in total. The third-order valence-electron chi connectivity index (χ3n) is 2.19. The van der Waals surface area contributed by atoms with Crippen molar-refractivity contribution in [3.63, 3.8) is 0 Å². The van der Waals surface area contributed by atoms with E-state index in [9.17, 15) is 0 Å². The van der Waals surface area contributed by atoms with Gasteiger partial charge >= 0.3 is 0 Å². The zero-order valence-corrected chi connectivity index (χ0v) is 11.2. The van der Waals surface area contributed by atoms with E-state index in [2.05, 4.69) is 11.8 Å². The number of aryl methyl sites for hydroxylation is 1. The Morgan fingerprint density at radius 2 is 1.67 bits per heavy atom. The number of hydrogen-bond acceptors (Lipinski definition) is 3. The SMILES string of the molecule is CCOC(C#CCOc1ccc(C)cc1)OCC. The molecule has 0 heterocycles. The summed E-state index contributed by atoms with van der Waals surface area (Å²) in [5.41, 5.74) is 1.21. The molecule has 0 bridgehead atoms. The molecule has 0 aliphatic rings. The largest absolute Gasteiger partial charge is 0.481 e. The van der Waals surface area contributed by atoms with Crippen LogP contribution in [0, 0.1) is 18.8 Å². The molecule has 18 heavy (non-hydrogen) atoms. The van der Waals surface area contributed by atoms with Crippen LogP contribution < -0.4 is 4.74 Å². The lowest BCUT2D eigenvalue weighted by molar-refractivity contribution is -0.0970. The van der Waals surface area contributed by atoms with Crippen molar-refractivity contribution < 1.29 is 14.2 Å². The zero-order chi connectivity index (χ0) is 13.2. The van der Waals surface area contributed by atoms with E-state index in [4.69, 9.17) is 14.2 Å². The summed E-state index contributed by atoms with van der Waals surface area (Å²) >= 11 is 0. The van der Waals surface area contributed by atoms with Crippen LogP contribution in [0.15, 0.2) is 24.3 Å². The van der Waals surface area contributed by atoms with Gasteiger partial charge < -0.3 is 14.2 Å². The number of benzene rings is 1. The number of rotatable bonds is 6. The molecule has 0 atom stereocenters. The standard InChI is InChI=1S/C15H20O3/c1-4-16-15(17-5-2)7-6-12-18-14-10-8-13(3)9-11-14/h8-11,15H,4-5,12H2,1-3H3. The van der Waals surface area contributed by atoms with Gasteiger partial charge in [-0.05, 0) is 38.8 Å². The molecule has 0 saturated carbocycles. The molecule has 1 aromatic rings. The second-order valence-electron chi connectivity index (χ2n) is 3.67. The van der Waals surface area contributed by atoms with E-state index in [1.54, 1.807) is 0 Å². The minimum atomic E-state index is -0.457. The van der Waals surface area contributed by atoms with Gasteiger partial charge in [0.15, 0.2) is 0 Å². The third kappa shape index (κ3) is 5.72. The topological polar surface area (TPSA) is 27.7 Å². The van der Waals surface area contributed by atoms with Gasteiger partial charge in [-0.1, -0.05) is 23.6 Å². The lowest BCUT2D eigenvalue weighted by Crippen LogP contribution is -2.15. The van der Waals surface area contributed by atoms with E-state index in [1.807, 2.05) is 45.0 Å². The zero-order valence-electron chi connectivity index (χ0n) is 11.2. The first-order chi connectivity index (χ1) is 8.76. The maximum atomic E-state index is 5.48. The van der Waals surface area contributed by atoms with E-state index in [-0.39, 0.29) is 0 Å². The summed E-state index contributed by atoms with van der Waals surface area (Å²) in [7, 11) is 0. The Labute approximate surface area is 109 Å². The molecule has 1 rings (SSSR count). The summed E-state index contributed by atoms with van der Waals surface area (Å²) in [6.45, 7) is 7.36. The fraction of sp³-hybridized carbons (Fsp3) is 0.467. The molecule has 98 valence electrons. The van der Waals surface area contributed by atoms with Gasteiger partial charge in [-0.3, -0.25) is 0 Å². The Morgan fingerprint density at radius 1 is 1.06 bits per heavy atom. The van der Waals surface area contributed by atoms with Crippen LogP contribution in [0.2, 0.25) is 0 Å². The molecule has 0 spiro atoms. The van der Waals surface area contributed by atoms with E-state index >= 15 is 0 Å². The van der Waals surface area contributed by atoms with Gasteiger partial charge in [-0.25, -0.2) is 0 Å². The molecule has 0 fully saturated rings. The van der Waals surface area contributed by atoms with Crippen LogP contribution in [0.1, 0.15) is 19.4 Å². The summed E-state index contributed by atoms with van der Waals surface area (Å²) in [6, 6.07) is 7.87. The van der Waals surface area contributed by atoms with Crippen LogP contribution in [0.4, 0.5) is 0 Å². The first-order valence-electron chi connectivity index (χ1n) is 6.17. The fourth-order valence-electron chi connectivity index (χ4n) is 1.31. The highest BCUT2D eigenvalue weighted by atomic mass is 16.7. The molecule has 0 amide bonds. The summed E-state index contributed by atoms with van der Waals surface area (Å²) in [4.78, 5) is 0. The van der Waals surface area contributed by atoms with Crippen LogP contribution in [0.25, 0.3) is 0 Å². The van der Waals surface area contributed by atoms with Gasteiger partial charge in [0.05, 0.1) is 0 Å². The monoisotopic (exact) mass is 248 g/mol. The van der Waals surface area contributed by atoms with Crippen molar-refractivity contribution in [1.82, 2.24) is 0 Å². The summed E-state index contributed by atoms with van der Waals surface area (Å²) < 4.78 is 16.1. The lowest BCUT2D eigenvalue weighted by atomic mass is 10.2. The van der Waals surface area contributed by atoms with E-state index in [1.165, 1.54) is 5.56 Å². The molecule has 0 aliphatic heterocycles. The number of ether oxygens (including phenoxy) is 3. The molecular weight excluding hydrogens is 228 g/mol. The van der Waals surface area contributed by atoms with Gasteiger partial charge in [-0.15, -0.1) is 0 Å². The summed E-state index contributed by atoms with van der Waals surface area (Å²) in [5, 5.41) is 0. The van der Waals surface area contributed by atoms with Crippen molar-refractivity contribution in [1.29, 1.82) is 0 Å². The van der Waals surface area contributed by atoms with Crippen molar-refractivity contribution in [2.75, 3.05) is 19.8 Å². The smallest absolute Gasteiger partial charge is 0.222 e. The highest BCUT2D eigenvalue weighted by Gasteiger charge is 2.01. The van der Waals surface area contributed by atoms with Gasteiger partial charge in [0, 0.05) is 13.2 Å². The molecule has 0 aliphatic carbocycles. The normalized spacial score (nSPS) is 10.0. The first-order valence-corrected chi connectivity index (χ1v) is 6.17. The molecular formula is C15H20O3. The van der Waals surface area contributed by atoms with Crippen LogP contribution in [0.5, 0.6) is 5.75 Å². The van der Waals surface area contributed by atoms with Gasteiger partial charge in [0.2, 0.25) is 6.29 Å². The van der Waals surface area contributed by atoms with Gasteiger partial charge in [-0.2, -0.15) is 0 Å². The molecule has 1 aromatic carbocycles. The van der Waals surface area contributed by atoms with Crippen LogP contribution in [0.3, 0.4) is 0 Å². The highest BCUT2D eigenvalue weighted by Crippen LogP contribution is 2.10. The molecule has 3 nitrogen and oxygen atoms in total. The van der Waals surface area contributed by atoms with Crippen molar-refractivity contribution in [2.45, 2.75) is 27.1 Å². The van der Waals surface area contributed by atoms with E-state index < -0.39 is 6.29 Å². The molecule has 0 unspecified atom stereocenters. The predicted molar refractivity (Wildman–Crippen MR) is 71.5 cm³/mol. The Morgan fingerprint density at radius 3 is 2.22 bits per heavy atom. The van der Waals surface area contributed by atoms with Crippen LogP contribution >= 0.6 is 0 Å². The Balaban J connectivity index is 2.37. The van der Waals surface area contributed by atoms with Gasteiger partial charge in [0.1, 0.15) is 12.4 Å². The average molecular weight is 248 g/mol. The van der Waals surface area contributed by atoms with Gasteiger partial charge in [0.25, 0.3) is 0 Å². The average Bonchev–Trinajstić information content (AvgIpc) is 2.37. The second-order valence-corrected chi connectivity index (χ2v) is 3.67. The summed E-state index contributed by atoms with van der Waals surface area (Å²) in [6.07, 6.45) is -0.457. The van der Waals surface area contributed by atoms with Crippen molar-refractivity contribution in [2.24, 2.45) is 0 Å². The van der Waals surface area contributed by atoms with E-state index in [0.717, 1.165) is 5.75 Å². The Kier molecular flexibility index (Phi) is 6.93. The third-order valence-corrected chi connectivity index (χ3v) is 2.19. The van der Waals surface area contributed by atoms with Crippen molar-refractivity contribution in [3.8, 4) is 17.6 Å². The lowest BCUT2D eigenvalue weighted by Gasteiger charge is -2.09. The molecule has 0 aromatic heterocycles. The van der Waals surface area contributed by atoms with Crippen molar-refractivity contribution in [3.05, 3.63) is 29.8 Å². The fourth-order valence-corrected chi connectivity index (χ4v) is 1.31. The second kappa shape index (κ2) is 8.57. The Bertz CT molecular complexity index is 380. The predicted octanol–water partition coefficient (Wildman–Crippen LogP) is 2.78. The minimum absolute atomic E-state index is 0.333. The summed E-state index contributed by atoms with van der Waals surface area (Å²) in [5.74, 6) is 6.60. The highest BCUT2D eigenvalue weighted by molar-refractivity contribution is 5.26. The first kappa shape index (κ1) is 14.6. The maximum Gasteiger partial charge on any atom is 0.222 e.